The Labute approximate surface area is 101 Å². The van der Waals surface area contributed by atoms with E-state index < -0.39 is 4.92 Å². The average molecular weight is 234 g/mol. The van der Waals surface area contributed by atoms with Crippen LogP contribution < -0.4 is 4.74 Å². The molecule has 1 aromatic rings. The van der Waals surface area contributed by atoms with Gasteiger partial charge in [0.05, 0.1) is 17.1 Å². The highest BCUT2D eigenvalue weighted by molar-refractivity contribution is 5.45. The first-order chi connectivity index (χ1) is 7.93. The fourth-order valence-corrected chi connectivity index (χ4v) is 1.40. The molecule has 0 saturated heterocycles. The number of benzene rings is 1. The second-order valence-electron chi connectivity index (χ2n) is 4.03. The SMILES string of the molecule is [CH2]C(C=C)c1cc(OC(C)C)cc([N+](=O)[O-])c1. The lowest BCUT2D eigenvalue weighted by Crippen LogP contribution is -2.06. The molecular weight excluding hydrogens is 218 g/mol. The fourth-order valence-electron chi connectivity index (χ4n) is 1.40. The summed E-state index contributed by atoms with van der Waals surface area (Å²) >= 11 is 0. The minimum absolute atomic E-state index is 0.00801. The molecule has 0 aliphatic rings. The second-order valence-corrected chi connectivity index (χ2v) is 4.03. The molecule has 0 bridgehead atoms. The maximum atomic E-state index is 10.8. The Kier molecular flexibility index (Phi) is 4.26. The van der Waals surface area contributed by atoms with Crippen molar-refractivity contribution in [1.82, 2.24) is 0 Å². The van der Waals surface area contributed by atoms with E-state index in [9.17, 15) is 10.1 Å². The zero-order valence-corrected chi connectivity index (χ0v) is 10.1. The average Bonchev–Trinajstić information content (AvgIpc) is 2.26. The van der Waals surface area contributed by atoms with Gasteiger partial charge in [-0.15, -0.1) is 6.58 Å². The van der Waals surface area contributed by atoms with Crippen LogP contribution in [0.1, 0.15) is 25.3 Å². The van der Waals surface area contributed by atoms with Crippen LogP contribution in [0.3, 0.4) is 0 Å². The molecule has 0 N–H and O–H groups in total. The summed E-state index contributed by atoms with van der Waals surface area (Å²) in [5.41, 5.74) is 0.735. The van der Waals surface area contributed by atoms with E-state index in [0.717, 1.165) is 5.56 Å². The minimum Gasteiger partial charge on any atom is -0.491 e. The summed E-state index contributed by atoms with van der Waals surface area (Å²) in [4.78, 5) is 10.4. The Hall–Kier alpha value is -1.84. The number of nitrogens with zero attached hydrogens (tertiary/aromatic N) is 1. The van der Waals surface area contributed by atoms with E-state index in [-0.39, 0.29) is 17.7 Å². The molecule has 0 amide bonds. The summed E-state index contributed by atoms with van der Waals surface area (Å²) in [6, 6.07) is 4.66. The minimum atomic E-state index is -0.438. The Balaban J connectivity index is 3.18. The van der Waals surface area contributed by atoms with Crippen molar-refractivity contribution in [1.29, 1.82) is 0 Å². The molecule has 0 aromatic heterocycles. The summed E-state index contributed by atoms with van der Waals surface area (Å²) in [6.45, 7) is 11.2. The number of rotatable bonds is 5. The van der Waals surface area contributed by atoms with Crippen LogP contribution in [-0.4, -0.2) is 11.0 Å². The first kappa shape index (κ1) is 13.2. The molecule has 0 saturated carbocycles. The predicted molar refractivity (Wildman–Crippen MR) is 67.2 cm³/mol. The van der Waals surface area contributed by atoms with Gasteiger partial charge in [-0.05, 0) is 32.4 Å². The Morgan fingerprint density at radius 3 is 2.53 bits per heavy atom. The van der Waals surface area contributed by atoms with Gasteiger partial charge in [-0.2, -0.15) is 0 Å². The van der Waals surface area contributed by atoms with Gasteiger partial charge in [0, 0.05) is 12.0 Å². The smallest absolute Gasteiger partial charge is 0.273 e. The third-order valence-electron chi connectivity index (χ3n) is 2.21. The van der Waals surface area contributed by atoms with Crippen LogP contribution in [0.2, 0.25) is 0 Å². The Morgan fingerprint density at radius 1 is 1.41 bits per heavy atom. The lowest BCUT2D eigenvalue weighted by molar-refractivity contribution is -0.385. The van der Waals surface area contributed by atoms with Gasteiger partial charge in [-0.3, -0.25) is 10.1 Å². The van der Waals surface area contributed by atoms with Crippen molar-refractivity contribution in [3.8, 4) is 5.75 Å². The van der Waals surface area contributed by atoms with Crippen LogP contribution in [0.5, 0.6) is 5.75 Å². The molecule has 0 heterocycles. The van der Waals surface area contributed by atoms with E-state index in [4.69, 9.17) is 4.74 Å². The maximum absolute atomic E-state index is 10.8. The molecule has 1 rings (SSSR count). The van der Waals surface area contributed by atoms with Crippen LogP contribution in [0.15, 0.2) is 30.9 Å². The Bertz CT molecular complexity index is 427. The van der Waals surface area contributed by atoms with Gasteiger partial charge in [0.15, 0.2) is 0 Å². The summed E-state index contributed by atoms with van der Waals surface area (Å²) < 4.78 is 5.47. The number of hydrogen-bond acceptors (Lipinski definition) is 3. The van der Waals surface area contributed by atoms with E-state index in [1.165, 1.54) is 12.1 Å². The number of nitro benzene ring substituents is 1. The van der Waals surface area contributed by atoms with Gasteiger partial charge in [0.1, 0.15) is 5.75 Å². The fraction of sp³-hybridized carbons (Fsp3) is 0.308. The molecule has 1 unspecified atom stereocenters. The zero-order chi connectivity index (χ0) is 13.0. The molecule has 17 heavy (non-hydrogen) atoms. The van der Waals surface area contributed by atoms with Crippen molar-refractivity contribution in [2.45, 2.75) is 25.9 Å². The van der Waals surface area contributed by atoms with E-state index >= 15 is 0 Å². The van der Waals surface area contributed by atoms with Gasteiger partial charge in [0.25, 0.3) is 5.69 Å². The van der Waals surface area contributed by atoms with Crippen LogP contribution in [0, 0.1) is 17.0 Å². The Morgan fingerprint density at radius 2 is 2.06 bits per heavy atom. The van der Waals surface area contributed by atoms with Gasteiger partial charge < -0.3 is 4.74 Å². The normalized spacial score (nSPS) is 12.2. The van der Waals surface area contributed by atoms with Gasteiger partial charge in [-0.25, -0.2) is 0 Å². The lowest BCUT2D eigenvalue weighted by atomic mass is 10.0. The van der Waals surface area contributed by atoms with Crippen molar-refractivity contribution in [3.63, 3.8) is 0 Å². The number of nitro groups is 1. The van der Waals surface area contributed by atoms with Crippen molar-refractivity contribution in [2.24, 2.45) is 0 Å². The van der Waals surface area contributed by atoms with Crippen molar-refractivity contribution >= 4 is 5.69 Å². The van der Waals surface area contributed by atoms with Crippen LogP contribution in [0.4, 0.5) is 5.69 Å². The standard InChI is InChI=1S/C13H16NO3/c1-5-10(4)11-6-12(14(15)16)8-13(7-11)17-9(2)3/h5-10H,1,4H2,2-3H3. The molecule has 4 nitrogen and oxygen atoms in total. The molecular formula is C13H16NO3. The molecule has 0 fully saturated rings. The molecule has 1 radical (unpaired) electrons. The monoisotopic (exact) mass is 234 g/mol. The number of allylic oxidation sites excluding steroid dienone is 1. The molecule has 0 aliphatic carbocycles. The van der Waals surface area contributed by atoms with Crippen molar-refractivity contribution in [2.75, 3.05) is 0 Å². The molecule has 0 spiro atoms. The highest BCUT2D eigenvalue weighted by Gasteiger charge is 2.13. The van der Waals surface area contributed by atoms with Crippen LogP contribution in [0.25, 0.3) is 0 Å². The summed E-state index contributed by atoms with van der Waals surface area (Å²) in [5.74, 6) is 0.295. The first-order valence-corrected chi connectivity index (χ1v) is 5.35. The highest BCUT2D eigenvalue weighted by atomic mass is 16.6. The van der Waals surface area contributed by atoms with E-state index in [2.05, 4.69) is 13.5 Å². The first-order valence-electron chi connectivity index (χ1n) is 5.35. The van der Waals surface area contributed by atoms with E-state index in [0.29, 0.717) is 5.75 Å². The highest BCUT2D eigenvalue weighted by Crippen LogP contribution is 2.28. The maximum Gasteiger partial charge on any atom is 0.273 e. The van der Waals surface area contributed by atoms with Crippen LogP contribution in [-0.2, 0) is 0 Å². The van der Waals surface area contributed by atoms with Gasteiger partial charge in [0.2, 0.25) is 0 Å². The summed E-state index contributed by atoms with van der Waals surface area (Å²) in [5, 5.41) is 10.8. The lowest BCUT2D eigenvalue weighted by Gasteiger charge is -2.12. The van der Waals surface area contributed by atoms with E-state index in [1.54, 1.807) is 12.1 Å². The molecule has 1 aromatic carbocycles. The quantitative estimate of drug-likeness (QED) is 0.445. The number of ether oxygens (including phenoxy) is 1. The summed E-state index contributed by atoms with van der Waals surface area (Å²) in [7, 11) is 0. The molecule has 91 valence electrons. The van der Waals surface area contributed by atoms with E-state index in [1.807, 2.05) is 13.8 Å². The summed E-state index contributed by atoms with van der Waals surface area (Å²) in [6.07, 6.45) is 1.61. The van der Waals surface area contributed by atoms with Crippen molar-refractivity contribution < 1.29 is 9.66 Å². The van der Waals surface area contributed by atoms with Gasteiger partial charge in [-0.1, -0.05) is 6.08 Å². The number of hydrogen-bond donors (Lipinski definition) is 0. The molecule has 4 heteroatoms. The topological polar surface area (TPSA) is 52.4 Å². The zero-order valence-electron chi connectivity index (χ0n) is 10.1. The number of non-ortho nitro benzene ring substituents is 1. The van der Waals surface area contributed by atoms with Crippen molar-refractivity contribution in [3.05, 3.63) is 53.5 Å². The molecule has 1 atom stereocenters. The van der Waals surface area contributed by atoms with Crippen LogP contribution >= 0.6 is 0 Å². The molecule has 0 aliphatic heterocycles. The predicted octanol–water partition coefficient (Wildman–Crippen LogP) is 3.49. The third kappa shape index (κ3) is 3.59. The third-order valence-corrected chi connectivity index (χ3v) is 2.21. The van der Waals surface area contributed by atoms with Gasteiger partial charge >= 0.3 is 0 Å². The second kappa shape index (κ2) is 5.48. The largest absolute Gasteiger partial charge is 0.491 e.